The lowest BCUT2D eigenvalue weighted by atomic mass is 9.87. The van der Waals surface area contributed by atoms with E-state index in [0.717, 1.165) is 0 Å². The molecular formula is C17H27N3O2. The lowest BCUT2D eigenvalue weighted by Gasteiger charge is -2.26. The van der Waals surface area contributed by atoms with Crippen LogP contribution in [0.4, 0.5) is 5.69 Å². The van der Waals surface area contributed by atoms with Gasteiger partial charge in [-0.2, -0.15) is 0 Å². The molecule has 0 unspecified atom stereocenters. The third-order valence-electron chi connectivity index (χ3n) is 3.10. The van der Waals surface area contributed by atoms with E-state index in [-0.39, 0.29) is 22.8 Å². The summed E-state index contributed by atoms with van der Waals surface area (Å²) in [5.41, 5.74) is 6.35. The molecule has 1 aromatic carbocycles. The van der Waals surface area contributed by atoms with E-state index in [1.807, 2.05) is 41.5 Å². The minimum Gasteiger partial charge on any atom is -0.347 e. The van der Waals surface area contributed by atoms with Crippen molar-refractivity contribution in [1.29, 1.82) is 0 Å². The molecule has 0 aliphatic carbocycles. The molecule has 1 aromatic rings. The molecule has 0 bridgehead atoms. The Kier molecular flexibility index (Phi) is 5.35. The molecule has 122 valence electrons. The van der Waals surface area contributed by atoms with E-state index < -0.39 is 6.04 Å². The molecular weight excluding hydrogens is 278 g/mol. The van der Waals surface area contributed by atoms with Gasteiger partial charge in [0.2, 0.25) is 5.91 Å². The number of benzene rings is 1. The normalized spacial score (nSPS) is 13.4. The minimum absolute atomic E-state index is 0.177. The zero-order valence-corrected chi connectivity index (χ0v) is 14.3. The van der Waals surface area contributed by atoms with Crippen molar-refractivity contribution in [3.63, 3.8) is 0 Å². The van der Waals surface area contributed by atoms with E-state index in [2.05, 4.69) is 10.6 Å². The fourth-order valence-corrected chi connectivity index (χ4v) is 1.76. The lowest BCUT2D eigenvalue weighted by Crippen LogP contribution is -2.45. The number of carbonyl (C=O) groups is 2. The largest absolute Gasteiger partial charge is 0.347 e. The Hall–Kier alpha value is -1.88. The quantitative estimate of drug-likeness (QED) is 0.802. The molecule has 0 aliphatic heterocycles. The van der Waals surface area contributed by atoms with Crippen molar-refractivity contribution >= 4 is 17.5 Å². The van der Waals surface area contributed by atoms with Gasteiger partial charge in [0, 0.05) is 16.8 Å². The third-order valence-corrected chi connectivity index (χ3v) is 3.10. The molecule has 1 rings (SSSR count). The minimum atomic E-state index is -0.625. The zero-order chi connectivity index (χ0) is 17.1. The summed E-state index contributed by atoms with van der Waals surface area (Å²) in [5, 5.41) is 5.65. The summed E-state index contributed by atoms with van der Waals surface area (Å²) in [5.74, 6) is -0.440. The molecule has 0 fully saturated rings. The summed E-state index contributed by atoms with van der Waals surface area (Å²) in [6, 6.07) is 6.20. The Labute approximate surface area is 132 Å². The van der Waals surface area contributed by atoms with Gasteiger partial charge in [0.15, 0.2) is 0 Å². The molecule has 2 amide bonds. The highest BCUT2D eigenvalue weighted by molar-refractivity contribution is 5.98. The Morgan fingerprint density at radius 1 is 1.09 bits per heavy atom. The van der Waals surface area contributed by atoms with E-state index in [9.17, 15) is 9.59 Å². The number of hydrogen-bond acceptors (Lipinski definition) is 3. The second-order valence-electron chi connectivity index (χ2n) is 7.62. The number of anilines is 1. The van der Waals surface area contributed by atoms with E-state index in [1.165, 1.54) is 0 Å². The van der Waals surface area contributed by atoms with Gasteiger partial charge in [0.05, 0.1) is 6.04 Å². The number of amides is 2. The Bertz CT molecular complexity index is 554. The molecule has 0 aliphatic rings. The van der Waals surface area contributed by atoms with Crippen LogP contribution in [-0.2, 0) is 4.79 Å². The molecule has 22 heavy (non-hydrogen) atoms. The van der Waals surface area contributed by atoms with Crippen LogP contribution in [0.3, 0.4) is 0 Å². The van der Waals surface area contributed by atoms with Gasteiger partial charge in [-0.15, -0.1) is 0 Å². The topological polar surface area (TPSA) is 84.2 Å². The summed E-state index contributed by atoms with van der Waals surface area (Å²) >= 11 is 0. The summed E-state index contributed by atoms with van der Waals surface area (Å²) in [6.45, 7) is 11.5. The maximum absolute atomic E-state index is 12.1. The van der Waals surface area contributed by atoms with Gasteiger partial charge >= 0.3 is 0 Å². The van der Waals surface area contributed by atoms with Crippen LogP contribution in [0.5, 0.6) is 0 Å². The van der Waals surface area contributed by atoms with E-state index in [0.29, 0.717) is 11.3 Å². The highest BCUT2D eigenvalue weighted by atomic mass is 16.2. The summed E-state index contributed by atoms with van der Waals surface area (Å²) in [6.07, 6.45) is 0. The SMILES string of the molecule is CC(C)(C)NC(=O)c1cccc(NC(=O)[C@@H](N)C(C)(C)C)c1. The molecule has 0 saturated heterocycles. The lowest BCUT2D eigenvalue weighted by molar-refractivity contribution is -0.119. The molecule has 0 radical (unpaired) electrons. The molecule has 0 spiro atoms. The van der Waals surface area contributed by atoms with Gasteiger partial charge in [0.1, 0.15) is 0 Å². The van der Waals surface area contributed by atoms with Gasteiger partial charge in [-0.25, -0.2) is 0 Å². The van der Waals surface area contributed by atoms with Crippen LogP contribution < -0.4 is 16.4 Å². The van der Waals surface area contributed by atoms with Gasteiger partial charge in [-0.1, -0.05) is 26.8 Å². The van der Waals surface area contributed by atoms with Gasteiger partial charge in [-0.3, -0.25) is 9.59 Å². The zero-order valence-electron chi connectivity index (χ0n) is 14.3. The first kappa shape index (κ1) is 18.2. The molecule has 5 nitrogen and oxygen atoms in total. The molecule has 0 aromatic heterocycles. The van der Waals surface area contributed by atoms with Crippen molar-refractivity contribution in [2.75, 3.05) is 5.32 Å². The Balaban J connectivity index is 2.85. The number of rotatable bonds is 3. The number of carbonyl (C=O) groups excluding carboxylic acids is 2. The molecule has 5 heteroatoms. The number of hydrogen-bond donors (Lipinski definition) is 3. The summed E-state index contributed by atoms with van der Waals surface area (Å²) in [7, 11) is 0. The van der Waals surface area contributed by atoms with Crippen molar-refractivity contribution < 1.29 is 9.59 Å². The number of nitrogens with two attached hydrogens (primary N) is 1. The molecule has 0 heterocycles. The second-order valence-corrected chi connectivity index (χ2v) is 7.62. The highest BCUT2D eigenvalue weighted by Crippen LogP contribution is 2.19. The van der Waals surface area contributed by atoms with Crippen LogP contribution in [0.15, 0.2) is 24.3 Å². The van der Waals surface area contributed by atoms with Crippen molar-refractivity contribution in [1.82, 2.24) is 5.32 Å². The first-order chi connectivity index (χ1) is 9.90. The monoisotopic (exact) mass is 305 g/mol. The van der Waals surface area contributed by atoms with Crippen LogP contribution in [0.25, 0.3) is 0 Å². The average molecular weight is 305 g/mol. The van der Waals surface area contributed by atoms with Gasteiger partial charge in [-0.05, 0) is 44.4 Å². The van der Waals surface area contributed by atoms with Crippen molar-refractivity contribution in [2.24, 2.45) is 11.1 Å². The molecule has 1 atom stereocenters. The standard InChI is InChI=1S/C17H27N3O2/c1-16(2,3)13(18)15(22)19-12-9-7-8-11(10-12)14(21)20-17(4,5)6/h7-10,13H,18H2,1-6H3,(H,19,22)(H,20,21)/t13-/m1/s1. The van der Waals surface area contributed by atoms with E-state index in [1.54, 1.807) is 24.3 Å². The van der Waals surface area contributed by atoms with Gasteiger partial charge in [0.25, 0.3) is 5.91 Å². The Morgan fingerprint density at radius 3 is 2.18 bits per heavy atom. The highest BCUT2D eigenvalue weighted by Gasteiger charge is 2.27. The van der Waals surface area contributed by atoms with Crippen molar-refractivity contribution in [3.8, 4) is 0 Å². The van der Waals surface area contributed by atoms with Crippen LogP contribution in [0.1, 0.15) is 51.9 Å². The first-order valence-corrected chi connectivity index (χ1v) is 7.39. The summed E-state index contributed by atoms with van der Waals surface area (Å²) < 4.78 is 0. The van der Waals surface area contributed by atoms with Crippen LogP contribution in [0, 0.1) is 5.41 Å². The first-order valence-electron chi connectivity index (χ1n) is 7.39. The Morgan fingerprint density at radius 2 is 1.68 bits per heavy atom. The smallest absolute Gasteiger partial charge is 0.251 e. The maximum atomic E-state index is 12.1. The summed E-state index contributed by atoms with van der Waals surface area (Å²) in [4.78, 5) is 24.3. The predicted molar refractivity (Wildman–Crippen MR) is 89.7 cm³/mol. The third kappa shape index (κ3) is 5.48. The molecule has 0 saturated carbocycles. The average Bonchev–Trinajstić information content (AvgIpc) is 2.35. The second kappa shape index (κ2) is 6.48. The molecule has 4 N–H and O–H groups in total. The van der Waals surface area contributed by atoms with Gasteiger partial charge < -0.3 is 16.4 Å². The van der Waals surface area contributed by atoms with Crippen molar-refractivity contribution in [3.05, 3.63) is 29.8 Å². The van der Waals surface area contributed by atoms with Crippen molar-refractivity contribution in [2.45, 2.75) is 53.1 Å². The van der Waals surface area contributed by atoms with E-state index in [4.69, 9.17) is 5.73 Å². The van der Waals surface area contributed by atoms with E-state index >= 15 is 0 Å². The van der Waals surface area contributed by atoms with Crippen LogP contribution in [0.2, 0.25) is 0 Å². The fourth-order valence-electron chi connectivity index (χ4n) is 1.76. The predicted octanol–water partition coefficient (Wildman–Crippen LogP) is 2.53. The fraction of sp³-hybridized carbons (Fsp3) is 0.529. The van der Waals surface area contributed by atoms with Crippen LogP contribution in [-0.4, -0.2) is 23.4 Å². The number of nitrogens with one attached hydrogen (secondary N) is 2. The van der Waals surface area contributed by atoms with Crippen LogP contribution >= 0.6 is 0 Å². The maximum Gasteiger partial charge on any atom is 0.251 e.